The van der Waals surface area contributed by atoms with Crippen LogP contribution in [0.15, 0.2) is 61.0 Å². The first kappa shape index (κ1) is 19.9. The number of fused-ring (bicyclic) bond motifs is 1. The number of hydrazone groups is 1. The first-order valence-electron chi connectivity index (χ1n) is 7.76. The summed E-state index contributed by atoms with van der Waals surface area (Å²) in [5.74, 6) is -0.571. The molecular formula is C19H13Br3N2O3. The quantitative estimate of drug-likeness (QED) is 0.304. The molecule has 0 spiro atoms. The molecule has 0 unspecified atom stereocenters. The van der Waals surface area contributed by atoms with Crippen LogP contribution in [0, 0.1) is 0 Å². The molecule has 0 aliphatic heterocycles. The number of hydrogen-bond donors (Lipinski definition) is 3. The molecule has 27 heavy (non-hydrogen) atoms. The van der Waals surface area contributed by atoms with Gasteiger partial charge < -0.3 is 10.2 Å². The summed E-state index contributed by atoms with van der Waals surface area (Å²) >= 11 is 9.79. The molecule has 0 aromatic heterocycles. The van der Waals surface area contributed by atoms with Crippen LogP contribution in [0.25, 0.3) is 10.8 Å². The number of nitrogens with one attached hydrogen (secondary N) is 1. The van der Waals surface area contributed by atoms with Crippen LogP contribution < -0.4 is 5.43 Å². The number of amides is 1. The van der Waals surface area contributed by atoms with Crippen molar-refractivity contribution in [1.29, 1.82) is 0 Å². The Labute approximate surface area is 180 Å². The smallest absolute Gasteiger partial charge is 0.244 e. The third kappa shape index (κ3) is 4.34. The predicted octanol–water partition coefficient (Wildman–Crippen LogP) is 5.23. The lowest BCUT2D eigenvalue weighted by Crippen LogP contribution is -2.20. The summed E-state index contributed by atoms with van der Waals surface area (Å²) in [4.78, 5) is 12.2. The van der Waals surface area contributed by atoms with Gasteiger partial charge in [0.15, 0.2) is 0 Å². The van der Waals surface area contributed by atoms with E-state index in [-0.39, 0.29) is 28.3 Å². The Balaban J connectivity index is 1.75. The second kappa shape index (κ2) is 8.41. The van der Waals surface area contributed by atoms with E-state index < -0.39 is 0 Å². The average Bonchev–Trinajstić information content (AvgIpc) is 2.66. The molecule has 0 fully saturated rings. The van der Waals surface area contributed by atoms with Gasteiger partial charge in [-0.2, -0.15) is 5.10 Å². The van der Waals surface area contributed by atoms with E-state index in [1.807, 2.05) is 36.4 Å². The molecule has 0 aliphatic rings. The number of benzene rings is 3. The van der Waals surface area contributed by atoms with Crippen molar-refractivity contribution in [3.63, 3.8) is 0 Å². The molecule has 8 heteroatoms. The Morgan fingerprint density at radius 2 is 1.70 bits per heavy atom. The number of nitrogens with zero attached hydrogens (tertiary/aromatic N) is 1. The minimum atomic E-state index is -0.282. The van der Waals surface area contributed by atoms with Gasteiger partial charge in [-0.25, -0.2) is 5.43 Å². The van der Waals surface area contributed by atoms with Crippen LogP contribution >= 0.6 is 47.8 Å². The third-order valence-electron chi connectivity index (χ3n) is 3.90. The van der Waals surface area contributed by atoms with E-state index in [1.165, 1.54) is 12.3 Å². The van der Waals surface area contributed by atoms with Crippen molar-refractivity contribution < 1.29 is 15.0 Å². The van der Waals surface area contributed by atoms with Gasteiger partial charge in [0, 0.05) is 10.0 Å². The highest BCUT2D eigenvalue weighted by Gasteiger charge is 2.13. The zero-order valence-corrected chi connectivity index (χ0v) is 18.5. The Bertz CT molecular complexity index is 1070. The minimum absolute atomic E-state index is 0.115. The molecule has 0 saturated heterocycles. The van der Waals surface area contributed by atoms with Crippen LogP contribution in [0.1, 0.15) is 11.1 Å². The molecule has 138 valence electrons. The number of phenolic OH excluding ortho intramolecular Hbond substituents is 2. The van der Waals surface area contributed by atoms with Crippen molar-refractivity contribution in [3.05, 3.63) is 67.0 Å². The molecule has 0 atom stereocenters. The fourth-order valence-electron chi connectivity index (χ4n) is 2.58. The van der Waals surface area contributed by atoms with Crippen LogP contribution in [0.4, 0.5) is 0 Å². The molecular weight excluding hydrogens is 544 g/mol. The second-order valence-electron chi connectivity index (χ2n) is 5.68. The summed E-state index contributed by atoms with van der Waals surface area (Å²) in [6.07, 6.45) is 1.47. The summed E-state index contributed by atoms with van der Waals surface area (Å²) in [7, 11) is 0. The van der Waals surface area contributed by atoms with Gasteiger partial charge in [0.2, 0.25) is 5.91 Å². The maximum atomic E-state index is 12.2. The van der Waals surface area contributed by atoms with Crippen LogP contribution in [0.5, 0.6) is 11.5 Å². The van der Waals surface area contributed by atoms with Crippen LogP contribution in [0.2, 0.25) is 0 Å². The molecule has 3 aromatic rings. The molecule has 3 N–H and O–H groups in total. The van der Waals surface area contributed by atoms with Crippen LogP contribution in [-0.4, -0.2) is 22.3 Å². The summed E-state index contributed by atoms with van der Waals surface area (Å²) in [6.45, 7) is 0. The highest BCUT2D eigenvalue weighted by Crippen LogP contribution is 2.40. The van der Waals surface area contributed by atoms with Gasteiger partial charge in [-0.1, -0.05) is 46.3 Å². The lowest BCUT2D eigenvalue weighted by atomic mass is 10.0. The standard InChI is InChI=1S/C19H13Br3N2O3/c20-14-6-5-10(12-3-1-2-4-13(12)14)8-16(25)24-23-9-11-7-15(21)19(27)17(22)18(11)26/h1-7,9,26-27H,8H2,(H,24,25)/b23-9+. The van der Waals surface area contributed by atoms with Crippen molar-refractivity contribution in [3.8, 4) is 11.5 Å². The van der Waals surface area contributed by atoms with Gasteiger partial charge in [0.25, 0.3) is 0 Å². The van der Waals surface area contributed by atoms with E-state index >= 15 is 0 Å². The van der Waals surface area contributed by atoms with Gasteiger partial charge in [-0.15, -0.1) is 0 Å². The molecule has 0 bridgehead atoms. The van der Waals surface area contributed by atoms with E-state index in [9.17, 15) is 15.0 Å². The van der Waals surface area contributed by atoms with Gasteiger partial charge in [0.1, 0.15) is 16.0 Å². The Morgan fingerprint density at radius 3 is 2.44 bits per heavy atom. The first-order valence-corrected chi connectivity index (χ1v) is 10.1. The molecule has 1 amide bonds. The second-order valence-corrected chi connectivity index (χ2v) is 8.18. The maximum absolute atomic E-state index is 12.2. The highest BCUT2D eigenvalue weighted by molar-refractivity contribution is 9.11. The van der Waals surface area contributed by atoms with Gasteiger partial charge >= 0.3 is 0 Å². The van der Waals surface area contributed by atoms with Gasteiger partial charge in [0.05, 0.1) is 17.1 Å². The normalized spacial score (nSPS) is 11.2. The number of halogens is 3. The van der Waals surface area contributed by atoms with Gasteiger partial charge in [-0.3, -0.25) is 4.79 Å². The summed E-state index contributed by atoms with van der Waals surface area (Å²) in [5, 5.41) is 25.7. The van der Waals surface area contributed by atoms with Crippen molar-refractivity contribution >= 4 is 70.7 Å². The zero-order chi connectivity index (χ0) is 19.6. The Hall–Kier alpha value is -1.90. The van der Waals surface area contributed by atoms with Crippen LogP contribution in [-0.2, 0) is 11.2 Å². The van der Waals surface area contributed by atoms with E-state index in [2.05, 4.69) is 58.3 Å². The topological polar surface area (TPSA) is 81.9 Å². The summed E-state index contributed by atoms with van der Waals surface area (Å²) < 4.78 is 1.51. The number of carbonyl (C=O) groups is 1. The summed E-state index contributed by atoms with van der Waals surface area (Å²) in [5.41, 5.74) is 3.68. The predicted molar refractivity (Wildman–Crippen MR) is 116 cm³/mol. The van der Waals surface area contributed by atoms with Crippen LogP contribution in [0.3, 0.4) is 0 Å². The maximum Gasteiger partial charge on any atom is 0.244 e. The molecule has 3 aromatic carbocycles. The fourth-order valence-corrected chi connectivity index (χ4v) is 4.21. The largest absolute Gasteiger partial charge is 0.506 e. The highest BCUT2D eigenvalue weighted by atomic mass is 79.9. The molecule has 3 rings (SSSR count). The van der Waals surface area contributed by atoms with E-state index in [0.717, 1.165) is 20.8 Å². The zero-order valence-electron chi connectivity index (χ0n) is 13.7. The van der Waals surface area contributed by atoms with Crippen molar-refractivity contribution in [2.45, 2.75) is 6.42 Å². The summed E-state index contributed by atoms with van der Waals surface area (Å²) in [6, 6.07) is 13.1. The van der Waals surface area contributed by atoms with Gasteiger partial charge in [-0.05, 0) is 60.3 Å². The lowest BCUT2D eigenvalue weighted by molar-refractivity contribution is -0.120. The fraction of sp³-hybridized carbons (Fsp3) is 0.0526. The molecule has 0 heterocycles. The van der Waals surface area contributed by atoms with E-state index in [1.54, 1.807) is 0 Å². The van der Waals surface area contributed by atoms with Crippen molar-refractivity contribution in [2.24, 2.45) is 5.10 Å². The molecule has 0 saturated carbocycles. The Morgan fingerprint density at radius 1 is 1.00 bits per heavy atom. The number of hydrogen-bond acceptors (Lipinski definition) is 4. The molecule has 0 aliphatic carbocycles. The monoisotopic (exact) mass is 554 g/mol. The average molecular weight is 557 g/mol. The molecule has 5 nitrogen and oxygen atoms in total. The Kier molecular flexibility index (Phi) is 6.18. The number of carbonyl (C=O) groups excluding carboxylic acids is 1. The van der Waals surface area contributed by atoms with E-state index in [0.29, 0.717) is 10.0 Å². The SMILES string of the molecule is O=C(Cc1ccc(Br)c2ccccc12)N/N=C/c1cc(Br)c(O)c(Br)c1O. The lowest BCUT2D eigenvalue weighted by Gasteiger charge is -2.08. The minimum Gasteiger partial charge on any atom is -0.506 e. The van der Waals surface area contributed by atoms with Crippen molar-refractivity contribution in [2.75, 3.05) is 0 Å². The first-order chi connectivity index (χ1) is 12.9. The number of rotatable bonds is 4. The third-order valence-corrected chi connectivity index (χ3v) is 5.95. The van der Waals surface area contributed by atoms with Crippen molar-refractivity contribution in [1.82, 2.24) is 5.43 Å². The molecule has 0 radical (unpaired) electrons. The van der Waals surface area contributed by atoms with E-state index in [4.69, 9.17) is 0 Å². The number of phenols is 2. The number of aromatic hydroxyl groups is 2.